The molecule has 1 rings (SSSR count). The molecule has 0 aromatic carbocycles. The van der Waals surface area contributed by atoms with Crippen molar-refractivity contribution in [1.82, 2.24) is 15.5 Å². The molecule has 0 radical (unpaired) electrons. The molecular formula is C15H32Cl2N4O3. The first-order valence-corrected chi connectivity index (χ1v) is 7.87. The Hall–Kier alpha value is -0.600. The van der Waals surface area contributed by atoms with E-state index in [4.69, 9.17) is 10.5 Å². The smallest absolute Gasteiger partial charge is 0.239 e. The van der Waals surface area contributed by atoms with E-state index in [-0.39, 0.29) is 54.7 Å². The van der Waals surface area contributed by atoms with Gasteiger partial charge in [-0.05, 0) is 19.8 Å². The van der Waals surface area contributed by atoms with Gasteiger partial charge in [0.05, 0.1) is 24.8 Å². The van der Waals surface area contributed by atoms with Crippen LogP contribution in [0.15, 0.2) is 0 Å². The van der Waals surface area contributed by atoms with Crippen LogP contribution in [0.2, 0.25) is 0 Å². The van der Waals surface area contributed by atoms with Crippen molar-refractivity contribution in [3.8, 4) is 0 Å². The SMILES string of the molecule is CC(C)[C@H](N)C(=O)NCC(=O)NCCN1CCOC(C)(C)C1.Cl.Cl. The third kappa shape index (κ3) is 9.64. The van der Waals surface area contributed by atoms with Gasteiger partial charge in [-0.1, -0.05) is 13.8 Å². The topological polar surface area (TPSA) is 96.7 Å². The van der Waals surface area contributed by atoms with Gasteiger partial charge in [-0.15, -0.1) is 24.8 Å². The lowest BCUT2D eigenvalue weighted by atomic mass is 10.1. The average Bonchev–Trinajstić information content (AvgIpc) is 2.42. The number of nitrogens with zero attached hydrogens (tertiary/aromatic N) is 1. The molecule has 24 heavy (non-hydrogen) atoms. The highest BCUT2D eigenvalue weighted by atomic mass is 35.5. The molecule has 0 aromatic heterocycles. The maximum atomic E-state index is 11.7. The van der Waals surface area contributed by atoms with Gasteiger partial charge in [-0.25, -0.2) is 0 Å². The van der Waals surface area contributed by atoms with Gasteiger partial charge in [-0.3, -0.25) is 14.5 Å². The van der Waals surface area contributed by atoms with E-state index in [9.17, 15) is 9.59 Å². The molecule has 144 valence electrons. The van der Waals surface area contributed by atoms with E-state index >= 15 is 0 Å². The van der Waals surface area contributed by atoms with Gasteiger partial charge in [0.2, 0.25) is 11.8 Å². The summed E-state index contributed by atoms with van der Waals surface area (Å²) in [7, 11) is 0. The van der Waals surface area contributed by atoms with Crippen LogP contribution >= 0.6 is 24.8 Å². The molecule has 1 aliphatic rings. The number of nitrogens with one attached hydrogen (secondary N) is 2. The van der Waals surface area contributed by atoms with E-state index in [0.29, 0.717) is 13.2 Å². The fourth-order valence-electron chi connectivity index (χ4n) is 2.31. The Morgan fingerprint density at radius 1 is 1.25 bits per heavy atom. The lowest BCUT2D eigenvalue weighted by Gasteiger charge is -2.38. The molecule has 0 spiro atoms. The van der Waals surface area contributed by atoms with Crippen molar-refractivity contribution in [1.29, 1.82) is 0 Å². The lowest BCUT2D eigenvalue weighted by molar-refractivity contribution is -0.127. The molecule has 1 fully saturated rings. The van der Waals surface area contributed by atoms with Crippen LogP contribution in [0, 0.1) is 5.92 Å². The molecular weight excluding hydrogens is 355 g/mol. The molecule has 0 saturated carbocycles. The van der Waals surface area contributed by atoms with Crippen LogP contribution in [0.1, 0.15) is 27.7 Å². The minimum atomic E-state index is -0.580. The summed E-state index contributed by atoms with van der Waals surface area (Å²) in [6.07, 6.45) is 0. The number of ether oxygens (including phenoxy) is 1. The van der Waals surface area contributed by atoms with Crippen molar-refractivity contribution < 1.29 is 14.3 Å². The predicted molar refractivity (Wildman–Crippen MR) is 99.8 cm³/mol. The van der Waals surface area contributed by atoms with Crippen LogP contribution < -0.4 is 16.4 Å². The normalized spacial score (nSPS) is 18.1. The fourth-order valence-corrected chi connectivity index (χ4v) is 2.31. The second kappa shape index (κ2) is 11.9. The van der Waals surface area contributed by atoms with Crippen LogP contribution in [0.3, 0.4) is 0 Å². The largest absolute Gasteiger partial charge is 0.373 e. The number of carbonyl (C=O) groups excluding carboxylic acids is 2. The number of amides is 2. The maximum Gasteiger partial charge on any atom is 0.239 e. The summed E-state index contributed by atoms with van der Waals surface area (Å²) >= 11 is 0. The molecule has 7 nitrogen and oxygen atoms in total. The zero-order chi connectivity index (χ0) is 16.8. The monoisotopic (exact) mass is 386 g/mol. The third-order valence-electron chi connectivity index (χ3n) is 3.70. The van der Waals surface area contributed by atoms with E-state index in [1.807, 2.05) is 13.8 Å². The minimum absolute atomic E-state index is 0. The summed E-state index contributed by atoms with van der Waals surface area (Å²) in [5.41, 5.74) is 5.57. The van der Waals surface area contributed by atoms with Crippen LogP contribution in [0.5, 0.6) is 0 Å². The number of morpholine rings is 1. The number of nitrogens with two attached hydrogens (primary N) is 1. The molecule has 1 atom stereocenters. The van der Waals surface area contributed by atoms with Crippen LogP contribution in [0.4, 0.5) is 0 Å². The summed E-state index contributed by atoms with van der Waals surface area (Å²) in [5.74, 6) is -0.440. The zero-order valence-corrected chi connectivity index (χ0v) is 16.6. The van der Waals surface area contributed by atoms with Gasteiger partial charge in [-0.2, -0.15) is 0 Å². The molecule has 4 N–H and O–H groups in total. The Labute approximate surface area is 157 Å². The van der Waals surface area contributed by atoms with E-state index in [1.165, 1.54) is 0 Å². The highest BCUT2D eigenvalue weighted by Crippen LogP contribution is 2.15. The zero-order valence-electron chi connectivity index (χ0n) is 15.0. The van der Waals surface area contributed by atoms with Gasteiger partial charge < -0.3 is 21.1 Å². The van der Waals surface area contributed by atoms with Gasteiger partial charge in [0.1, 0.15) is 0 Å². The first-order chi connectivity index (χ1) is 10.2. The molecule has 9 heteroatoms. The summed E-state index contributed by atoms with van der Waals surface area (Å²) in [5, 5.41) is 5.36. The number of hydrogen-bond acceptors (Lipinski definition) is 5. The molecule has 1 aliphatic heterocycles. The molecule has 1 heterocycles. The molecule has 0 aliphatic carbocycles. The van der Waals surface area contributed by atoms with Crippen molar-refractivity contribution >= 4 is 36.6 Å². The van der Waals surface area contributed by atoms with Crippen LogP contribution in [0.25, 0.3) is 0 Å². The lowest BCUT2D eigenvalue weighted by Crippen LogP contribution is -2.51. The quantitative estimate of drug-likeness (QED) is 0.578. The van der Waals surface area contributed by atoms with Crippen molar-refractivity contribution in [2.45, 2.75) is 39.3 Å². The molecule has 1 saturated heterocycles. The molecule has 2 amide bonds. The van der Waals surface area contributed by atoms with Gasteiger partial charge in [0, 0.05) is 26.2 Å². The van der Waals surface area contributed by atoms with Gasteiger partial charge >= 0.3 is 0 Å². The predicted octanol–water partition coefficient (Wildman–Crippen LogP) is 0.157. The Kier molecular flexibility index (Phi) is 12.7. The van der Waals surface area contributed by atoms with Crippen LogP contribution in [-0.2, 0) is 14.3 Å². The summed E-state index contributed by atoms with van der Waals surface area (Å²) in [6, 6.07) is -0.580. The number of carbonyl (C=O) groups is 2. The first-order valence-electron chi connectivity index (χ1n) is 7.87. The Bertz CT molecular complexity index is 395. The summed E-state index contributed by atoms with van der Waals surface area (Å²) < 4.78 is 5.64. The Morgan fingerprint density at radius 2 is 1.88 bits per heavy atom. The number of halogens is 2. The third-order valence-corrected chi connectivity index (χ3v) is 3.70. The van der Waals surface area contributed by atoms with Gasteiger partial charge in [0.15, 0.2) is 0 Å². The van der Waals surface area contributed by atoms with Crippen LogP contribution in [-0.4, -0.2) is 67.7 Å². The van der Waals surface area contributed by atoms with E-state index < -0.39 is 6.04 Å². The highest BCUT2D eigenvalue weighted by Gasteiger charge is 2.26. The fraction of sp³-hybridized carbons (Fsp3) is 0.867. The van der Waals surface area contributed by atoms with Gasteiger partial charge in [0.25, 0.3) is 0 Å². The minimum Gasteiger partial charge on any atom is -0.373 e. The molecule has 0 aromatic rings. The summed E-state index contributed by atoms with van der Waals surface area (Å²) in [4.78, 5) is 25.6. The molecule has 0 unspecified atom stereocenters. The second-order valence-corrected chi connectivity index (χ2v) is 6.72. The Morgan fingerprint density at radius 3 is 2.42 bits per heavy atom. The van der Waals surface area contributed by atoms with E-state index in [2.05, 4.69) is 29.4 Å². The second-order valence-electron chi connectivity index (χ2n) is 6.72. The average molecular weight is 387 g/mol. The van der Waals surface area contributed by atoms with Crippen molar-refractivity contribution in [3.05, 3.63) is 0 Å². The highest BCUT2D eigenvalue weighted by molar-refractivity contribution is 5.87. The van der Waals surface area contributed by atoms with Crippen molar-refractivity contribution in [2.75, 3.05) is 39.3 Å². The Balaban J connectivity index is 0. The molecule has 0 bridgehead atoms. The number of rotatable bonds is 7. The maximum absolute atomic E-state index is 11.7. The van der Waals surface area contributed by atoms with E-state index in [1.54, 1.807) is 0 Å². The summed E-state index contributed by atoms with van der Waals surface area (Å²) in [6.45, 7) is 11.6. The first kappa shape index (κ1) is 25.6. The van der Waals surface area contributed by atoms with E-state index in [0.717, 1.165) is 19.6 Å². The number of hydrogen-bond donors (Lipinski definition) is 3. The van der Waals surface area contributed by atoms with Crippen molar-refractivity contribution in [3.63, 3.8) is 0 Å². The standard InChI is InChI=1S/C15H30N4O3.2ClH/c1-11(2)13(16)14(21)18-9-12(20)17-5-6-19-7-8-22-15(3,4)10-19;;/h11,13H,5-10,16H2,1-4H3,(H,17,20)(H,18,21);2*1H/t13-;;/m0../s1. The van der Waals surface area contributed by atoms with Crippen molar-refractivity contribution in [2.24, 2.45) is 11.7 Å².